The average Bonchev–Trinajstić information content (AvgIpc) is 3.12. The molecule has 0 saturated carbocycles. The molecule has 0 radical (unpaired) electrons. The van der Waals surface area contributed by atoms with E-state index in [1.807, 2.05) is 0 Å². The van der Waals surface area contributed by atoms with Crippen LogP contribution in [0.5, 0.6) is 0 Å². The number of benzene rings is 1. The van der Waals surface area contributed by atoms with Crippen LogP contribution in [-0.4, -0.2) is 36.1 Å². The van der Waals surface area contributed by atoms with Crippen LogP contribution >= 0.6 is 23.2 Å². The maximum absolute atomic E-state index is 14.8. The van der Waals surface area contributed by atoms with Gasteiger partial charge in [-0.3, -0.25) is 4.79 Å². The third-order valence-corrected chi connectivity index (χ3v) is 5.87. The summed E-state index contributed by atoms with van der Waals surface area (Å²) in [4.78, 5) is 21.1. The molecule has 2 aliphatic heterocycles. The van der Waals surface area contributed by atoms with E-state index in [4.69, 9.17) is 38.4 Å². The quantitative estimate of drug-likeness (QED) is 0.739. The summed E-state index contributed by atoms with van der Waals surface area (Å²) in [5, 5.41) is 0.511. The Bertz CT molecular complexity index is 1020. The Morgan fingerprint density at radius 2 is 2.14 bits per heavy atom. The van der Waals surface area contributed by atoms with Crippen molar-refractivity contribution in [1.82, 2.24) is 4.98 Å². The smallest absolute Gasteiger partial charge is 0.283 e. The van der Waals surface area contributed by atoms with E-state index in [1.165, 1.54) is 18.3 Å². The minimum absolute atomic E-state index is 0.00198. The zero-order valence-electron chi connectivity index (χ0n) is 15.5. The van der Waals surface area contributed by atoms with Gasteiger partial charge < -0.3 is 15.2 Å². The molecule has 2 aliphatic rings. The lowest BCUT2D eigenvalue weighted by atomic mass is 9.77. The van der Waals surface area contributed by atoms with Gasteiger partial charge in [-0.1, -0.05) is 29.3 Å². The Morgan fingerprint density at radius 1 is 1.34 bits per heavy atom. The van der Waals surface area contributed by atoms with Crippen molar-refractivity contribution < 1.29 is 18.7 Å². The molecular weight excluding hydrogens is 420 g/mol. The molecule has 0 unspecified atom stereocenters. The molecule has 1 saturated heterocycles. The highest BCUT2D eigenvalue weighted by atomic mass is 35.5. The van der Waals surface area contributed by atoms with E-state index in [0.717, 1.165) is 0 Å². The number of carbonyl (C=O) groups is 1. The lowest BCUT2D eigenvalue weighted by Gasteiger charge is -2.38. The zero-order chi connectivity index (χ0) is 20.8. The third kappa shape index (κ3) is 3.70. The lowest BCUT2D eigenvalue weighted by molar-refractivity contribution is 0.0816. The number of hydrogen-bond donors (Lipinski definition) is 1. The highest BCUT2D eigenvalue weighted by Crippen LogP contribution is 2.43. The number of nitrogens with two attached hydrogens (primary N) is 1. The molecular formula is C20H18Cl2FN3O3. The Hall–Kier alpha value is -2.22. The van der Waals surface area contributed by atoms with Crippen molar-refractivity contribution in [2.24, 2.45) is 16.6 Å². The number of ether oxygens (including phenoxy) is 2. The summed E-state index contributed by atoms with van der Waals surface area (Å²) >= 11 is 11.9. The molecule has 0 aliphatic carbocycles. The van der Waals surface area contributed by atoms with Gasteiger partial charge in [0.05, 0.1) is 34.7 Å². The summed E-state index contributed by atoms with van der Waals surface area (Å²) in [7, 11) is 0. The Kier molecular flexibility index (Phi) is 5.23. The molecule has 29 heavy (non-hydrogen) atoms. The minimum Gasteiger partial charge on any atom is -0.459 e. The number of amidine groups is 1. The molecule has 4 rings (SSSR count). The van der Waals surface area contributed by atoms with Gasteiger partial charge in [0.25, 0.3) is 6.02 Å². The van der Waals surface area contributed by atoms with E-state index in [0.29, 0.717) is 29.4 Å². The molecule has 9 heteroatoms. The van der Waals surface area contributed by atoms with Crippen LogP contribution in [-0.2, 0) is 21.4 Å². The number of halogens is 3. The van der Waals surface area contributed by atoms with Crippen molar-refractivity contribution in [2.75, 3.05) is 13.2 Å². The van der Waals surface area contributed by atoms with E-state index in [9.17, 15) is 9.18 Å². The molecule has 0 bridgehead atoms. The number of Topliss-reactive ketones (excluding diaryl/α,β-unsaturated/α-hetero) is 1. The van der Waals surface area contributed by atoms with Crippen molar-refractivity contribution in [1.29, 1.82) is 0 Å². The average molecular weight is 438 g/mol. The van der Waals surface area contributed by atoms with E-state index in [2.05, 4.69) is 9.98 Å². The summed E-state index contributed by atoms with van der Waals surface area (Å²) in [5.41, 5.74) is 5.93. The van der Waals surface area contributed by atoms with Crippen molar-refractivity contribution in [3.05, 3.63) is 63.1 Å². The SMILES string of the molecule is C[C@]1(c2cc(CC(=O)c3ncc(Cl)cc3Cl)ccc2F)N=C(N)O[C@@H]2COC[C@@H]21. The standard InChI is InChI=1S/C20H18Cl2FN3O3/c1-20(13-8-28-9-17(13)29-19(24)26-20)12-4-10(2-3-15(12)23)5-16(27)18-14(22)6-11(21)7-25-18/h2-4,6-7,13,17H,5,8-9H2,1H3,(H2,24,26)/t13-,17+,20+/m0/s1. The van der Waals surface area contributed by atoms with E-state index in [-0.39, 0.29) is 41.0 Å². The van der Waals surface area contributed by atoms with Gasteiger partial charge in [-0.05, 0) is 30.7 Å². The predicted molar refractivity (Wildman–Crippen MR) is 107 cm³/mol. The molecule has 0 spiro atoms. The number of carbonyl (C=O) groups excluding carboxylic acids is 1. The van der Waals surface area contributed by atoms with Crippen LogP contribution in [0.4, 0.5) is 4.39 Å². The van der Waals surface area contributed by atoms with Crippen molar-refractivity contribution in [3.63, 3.8) is 0 Å². The summed E-state index contributed by atoms with van der Waals surface area (Å²) in [6.07, 6.45) is 1.06. The number of nitrogens with zero attached hydrogens (tertiary/aromatic N) is 2. The normalized spacial score (nSPS) is 25.9. The van der Waals surface area contributed by atoms with Crippen molar-refractivity contribution in [3.8, 4) is 0 Å². The number of rotatable bonds is 4. The second-order valence-corrected chi connectivity index (χ2v) is 8.14. The van der Waals surface area contributed by atoms with Gasteiger partial charge >= 0.3 is 0 Å². The Labute approximate surface area is 176 Å². The molecule has 152 valence electrons. The van der Waals surface area contributed by atoms with Crippen LogP contribution in [0.3, 0.4) is 0 Å². The monoisotopic (exact) mass is 437 g/mol. The first-order chi connectivity index (χ1) is 13.8. The van der Waals surface area contributed by atoms with Gasteiger partial charge in [0.2, 0.25) is 0 Å². The maximum Gasteiger partial charge on any atom is 0.283 e. The molecule has 3 atom stereocenters. The fourth-order valence-electron chi connectivity index (χ4n) is 3.89. The van der Waals surface area contributed by atoms with Crippen molar-refractivity contribution >= 4 is 35.0 Å². The maximum atomic E-state index is 14.8. The number of aromatic nitrogens is 1. The molecule has 2 aromatic rings. The summed E-state index contributed by atoms with van der Waals surface area (Å²) < 4.78 is 25.9. The van der Waals surface area contributed by atoms with E-state index < -0.39 is 11.4 Å². The van der Waals surface area contributed by atoms with Gasteiger partial charge in [0.15, 0.2) is 5.78 Å². The first-order valence-electron chi connectivity index (χ1n) is 9.01. The molecule has 2 N–H and O–H groups in total. The van der Waals surface area contributed by atoms with Crippen LogP contribution < -0.4 is 5.73 Å². The molecule has 1 fully saturated rings. The molecule has 3 heterocycles. The summed E-state index contributed by atoms with van der Waals surface area (Å²) in [6.45, 7) is 2.55. The Morgan fingerprint density at radius 3 is 2.90 bits per heavy atom. The second kappa shape index (κ2) is 7.55. The largest absolute Gasteiger partial charge is 0.459 e. The predicted octanol–water partition coefficient (Wildman–Crippen LogP) is 3.53. The first kappa shape index (κ1) is 20.1. The van der Waals surface area contributed by atoms with Crippen molar-refractivity contribution in [2.45, 2.75) is 25.0 Å². The van der Waals surface area contributed by atoms with Crippen LogP contribution in [0.15, 0.2) is 35.5 Å². The topological polar surface area (TPSA) is 86.8 Å². The fourth-order valence-corrected chi connectivity index (χ4v) is 4.37. The van der Waals surface area contributed by atoms with Gasteiger partial charge in [0, 0.05) is 18.2 Å². The molecule has 1 aromatic heterocycles. The second-order valence-electron chi connectivity index (χ2n) is 7.30. The lowest BCUT2D eigenvalue weighted by Crippen LogP contribution is -2.47. The highest BCUT2D eigenvalue weighted by molar-refractivity contribution is 6.36. The van der Waals surface area contributed by atoms with Gasteiger partial charge in [0.1, 0.15) is 17.6 Å². The van der Waals surface area contributed by atoms with E-state index >= 15 is 0 Å². The summed E-state index contributed by atoms with van der Waals surface area (Å²) in [5.74, 6) is -0.926. The Balaban J connectivity index is 1.67. The van der Waals surface area contributed by atoms with E-state index in [1.54, 1.807) is 19.1 Å². The number of fused-ring (bicyclic) bond motifs is 1. The highest BCUT2D eigenvalue weighted by Gasteiger charge is 2.50. The van der Waals surface area contributed by atoms with Gasteiger partial charge in [-0.15, -0.1) is 0 Å². The van der Waals surface area contributed by atoms with Crippen LogP contribution in [0.2, 0.25) is 10.0 Å². The fraction of sp³-hybridized carbons (Fsp3) is 0.350. The van der Waals surface area contributed by atoms with Crippen LogP contribution in [0.25, 0.3) is 0 Å². The van der Waals surface area contributed by atoms with Crippen LogP contribution in [0, 0.1) is 11.7 Å². The number of hydrogen-bond acceptors (Lipinski definition) is 6. The summed E-state index contributed by atoms with van der Waals surface area (Å²) in [6, 6.07) is 5.97. The van der Waals surface area contributed by atoms with Gasteiger partial charge in [-0.2, -0.15) is 0 Å². The number of ketones is 1. The third-order valence-electron chi connectivity index (χ3n) is 5.38. The number of aliphatic imine (C=N–C) groups is 1. The minimum atomic E-state index is -0.969. The number of pyridine rings is 1. The molecule has 1 aromatic carbocycles. The van der Waals surface area contributed by atoms with Gasteiger partial charge in [-0.25, -0.2) is 14.4 Å². The molecule has 0 amide bonds. The van der Waals surface area contributed by atoms with Crippen LogP contribution in [0.1, 0.15) is 28.5 Å². The molecule has 6 nitrogen and oxygen atoms in total. The first-order valence-corrected chi connectivity index (χ1v) is 9.76. The zero-order valence-corrected chi connectivity index (χ0v) is 17.0.